The van der Waals surface area contributed by atoms with Gasteiger partial charge in [0, 0.05) is 17.7 Å². The van der Waals surface area contributed by atoms with Gasteiger partial charge in [-0.25, -0.2) is 4.39 Å². The number of benzene rings is 1. The topological polar surface area (TPSA) is 21.3 Å². The molecule has 0 saturated carbocycles. The van der Waals surface area contributed by atoms with E-state index in [0.29, 0.717) is 11.8 Å². The SMILES string of the molecule is COc1cc(F)c(C(C)C)cc1C1CCCN1. The molecule has 0 spiro atoms. The molecule has 1 unspecified atom stereocenters. The van der Waals surface area contributed by atoms with E-state index >= 15 is 0 Å². The van der Waals surface area contributed by atoms with Crippen molar-refractivity contribution < 1.29 is 9.13 Å². The van der Waals surface area contributed by atoms with Crippen molar-refractivity contribution >= 4 is 0 Å². The lowest BCUT2D eigenvalue weighted by atomic mass is 9.95. The minimum absolute atomic E-state index is 0.168. The second-order valence-corrected chi connectivity index (χ2v) is 4.92. The van der Waals surface area contributed by atoms with Crippen molar-refractivity contribution in [1.82, 2.24) is 5.32 Å². The van der Waals surface area contributed by atoms with E-state index in [1.807, 2.05) is 19.9 Å². The van der Waals surface area contributed by atoms with Crippen LogP contribution in [-0.4, -0.2) is 13.7 Å². The lowest BCUT2D eigenvalue weighted by Gasteiger charge is -2.18. The average molecular weight is 237 g/mol. The zero-order valence-electron chi connectivity index (χ0n) is 10.7. The average Bonchev–Trinajstić information content (AvgIpc) is 2.81. The number of hydrogen-bond donors (Lipinski definition) is 1. The summed E-state index contributed by atoms with van der Waals surface area (Å²) in [7, 11) is 1.60. The van der Waals surface area contributed by atoms with E-state index in [9.17, 15) is 4.39 Å². The third-order valence-corrected chi connectivity index (χ3v) is 3.41. The van der Waals surface area contributed by atoms with E-state index in [1.165, 1.54) is 12.5 Å². The first-order valence-corrected chi connectivity index (χ1v) is 6.24. The molecule has 2 rings (SSSR count). The molecule has 1 saturated heterocycles. The van der Waals surface area contributed by atoms with Crippen molar-refractivity contribution in [2.45, 2.75) is 38.6 Å². The lowest BCUT2D eigenvalue weighted by molar-refractivity contribution is 0.398. The summed E-state index contributed by atoms with van der Waals surface area (Å²) in [5.74, 6) is 0.686. The van der Waals surface area contributed by atoms with Gasteiger partial charge >= 0.3 is 0 Å². The Balaban J connectivity index is 2.43. The van der Waals surface area contributed by atoms with Crippen molar-refractivity contribution in [3.8, 4) is 5.75 Å². The molecule has 1 heterocycles. The molecular weight excluding hydrogens is 217 g/mol. The number of rotatable bonds is 3. The molecule has 1 aliphatic rings. The Labute approximate surface area is 102 Å². The Bertz CT molecular complexity index is 397. The zero-order chi connectivity index (χ0) is 12.4. The van der Waals surface area contributed by atoms with Crippen molar-refractivity contribution in [2.24, 2.45) is 0 Å². The van der Waals surface area contributed by atoms with Crippen LogP contribution in [0, 0.1) is 5.82 Å². The molecule has 0 aliphatic carbocycles. The van der Waals surface area contributed by atoms with Gasteiger partial charge in [-0.15, -0.1) is 0 Å². The molecule has 3 heteroatoms. The smallest absolute Gasteiger partial charge is 0.130 e. The molecule has 0 radical (unpaired) electrons. The summed E-state index contributed by atoms with van der Waals surface area (Å²) in [5, 5.41) is 3.43. The Morgan fingerprint density at radius 3 is 2.71 bits per heavy atom. The second kappa shape index (κ2) is 5.05. The van der Waals surface area contributed by atoms with Crippen LogP contribution in [0.2, 0.25) is 0 Å². The monoisotopic (exact) mass is 237 g/mol. The highest BCUT2D eigenvalue weighted by Gasteiger charge is 2.22. The van der Waals surface area contributed by atoms with Crippen molar-refractivity contribution in [2.75, 3.05) is 13.7 Å². The highest BCUT2D eigenvalue weighted by Crippen LogP contribution is 2.34. The van der Waals surface area contributed by atoms with Gasteiger partial charge in [-0.05, 0) is 36.9 Å². The largest absolute Gasteiger partial charge is 0.496 e. The third kappa shape index (κ3) is 2.44. The molecule has 17 heavy (non-hydrogen) atoms. The molecule has 1 fully saturated rings. The Morgan fingerprint density at radius 1 is 1.41 bits per heavy atom. The summed E-state index contributed by atoms with van der Waals surface area (Å²) >= 11 is 0. The Hall–Kier alpha value is -1.09. The quantitative estimate of drug-likeness (QED) is 0.870. The fourth-order valence-corrected chi connectivity index (χ4v) is 2.43. The molecule has 1 atom stereocenters. The van der Waals surface area contributed by atoms with Crippen LogP contribution in [0.1, 0.15) is 49.8 Å². The van der Waals surface area contributed by atoms with Gasteiger partial charge in [0.15, 0.2) is 0 Å². The fourth-order valence-electron chi connectivity index (χ4n) is 2.43. The molecule has 1 aliphatic heterocycles. The van der Waals surface area contributed by atoms with E-state index in [-0.39, 0.29) is 11.7 Å². The summed E-state index contributed by atoms with van der Waals surface area (Å²) in [6, 6.07) is 3.79. The Morgan fingerprint density at radius 2 is 2.18 bits per heavy atom. The van der Waals surface area contributed by atoms with Gasteiger partial charge in [0.05, 0.1) is 7.11 Å². The number of hydrogen-bond acceptors (Lipinski definition) is 2. The number of nitrogens with one attached hydrogen (secondary N) is 1. The molecule has 0 aromatic heterocycles. The van der Waals surface area contributed by atoms with E-state index in [2.05, 4.69) is 5.32 Å². The maximum atomic E-state index is 13.9. The van der Waals surface area contributed by atoms with E-state index in [0.717, 1.165) is 24.1 Å². The van der Waals surface area contributed by atoms with E-state index in [1.54, 1.807) is 7.11 Å². The van der Waals surface area contributed by atoms with Crippen LogP contribution in [0.5, 0.6) is 5.75 Å². The number of methoxy groups -OCH3 is 1. The summed E-state index contributed by atoms with van der Waals surface area (Å²) < 4.78 is 19.1. The number of ether oxygens (including phenoxy) is 1. The summed E-state index contributed by atoms with van der Waals surface area (Å²) in [5.41, 5.74) is 1.87. The predicted octanol–water partition coefficient (Wildman–Crippen LogP) is 3.38. The molecule has 0 amide bonds. The van der Waals surface area contributed by atoms with Crippen molar-refractivity contribution in [3.63, 3.8) is 0 Å². The van der Waals surface area contributed by atoms with Crippen LogP contribution < -0.4 is 10.1 Å². The van der Waals surface area contributed by atoms with Gasteiger partial charge in [-0.2, -0.15) is 0 Å². The summed E-state index contributed by atoms with van der Waals surface area (Å²) in [6.07, 6.45) is 2.27. The molecule has 1 aromatic carbocycles. The Kier molecular flexibility index (Phi) is 3.67. The maximum Gasteiger partial charge on any atom is 0.130 e. The molecular formula is C14H20FNO. The minimum atomic E-state index is -0.168. The zero-order valence-corrected chi connectivity index (χ0v) is 10.7. The van der Waals surface area contributed by atoms with Crippen LogP contribution in [-0.2, 0) is 0 Å². The highest BCUT2D eigenvalue weighted by molar-refractivity contribution is 5.41. The number of halogens is 1. The minimum Gasteiger partial charge on any atom is -0.496 e. The van der Waals surface area contributed by atoms with Crippen LogP contribution in [0.4, 0.5) is 4.39 Å². The van der Waals surface area contributed by atoms with Crippen molar-refractivity contribution in [1.29, 1.82) is 0 Å². The third-order valence-electron chi connectivity index (χ3n) is 3.41. The molecule has 94 valence electrons. The second-order valence-electron chi connectivity index (χ2n) is 4.92. The van der Waals surface area contributed by atoms with Crippen LogP contribution in [0.25, 0.3) is 0 Å². The van der Waals surface area contributed by atoms with Crippen LogP contribution in [0.15, 0.2) is 12.1 Å². The fraction of sp³-hybridized carbons (Fsp3) is 0.571. The first kappa shape index (κ1) is 12.4. The maximum absolute atomic E-state index is 13.9. The summed E-state index contributed by atoms with van der Waals surface area (Å²) in [4.78, 5) is 0. The van der Waals surface area contributed by atoms with Gasteiger partial charge in [0.25, 0.3) is 0 Å². The van der Waals surface area contributed by atoms with E-state index in [4.69, 9.17) is 4.74 Å². The summed E-state index contributed by atoms with van der Waals surface area (Å²) in [6.45, 7) is 5.05. The molecule has 1 N–H and O–H groups in total. The van der Waals surface area contributed by atoms with E-state index < -0.39 is 0 Å². The van der Waals surface area contributed by atoms with Crippen LogP contribution >= 0.6 is 0 Å². The van der Waals surface area contributed by atoms with Gasteiger partial charge in [-0.3, -0.25) is 0 Å². The molecule has 2 nitrogen and oxygen atoms in total. The normalized spacial score (nSPS) is 19.9. The first-order valence-electron chi connectivity index (χ1n) is 6.24. The molecule has 1 aromatic rings. The highest BCUT2D eigenvalue weighted by atomic mass is 19.1. The van der Waals surface area contributed by atoms with Gasteiger partial charge < -0.3 is 10.1 Å². The lowest BCUT2D eigenvalue weighted by Crippen LogP contribution is -2.14. The first-order chi connectivity index (χ1) is 8.13. The standard InChI is InChI=1S/C14H20FNO/c1-9(2)10-7-11(13-5-4-6-16-13)14(17-3)8-12(10)15/h7-9,13,16H,4-6H2,1-3H3. The predicted molar refractivity (Wildman–Crippen MR) is 67.0 cm³/mol. The van der Waals surface area contributed by atoms with Gasteiger partial charge in [-0.1, -0.05) is 13.8 Å². The van der Waals surface area contributed by atoms with Gasteiger partial charge in [0.2, 0.25) is 0 Å². The van der Waals surface area contributed by atoms with Crippen LogP contribution in [0.3, 0.4) is 0 Å². The molecule has 0 bridgehead atoms. The van der Waals surface area contributed by atoms with Gasteiger partial charge in [0.1, 0.15) is 11.6 Å². The van der Waals surface area contributed by atoms with Crippen molar-refractivity contribution in [3.05, 3.63) is 29.1 Å².